The van der Waals surface area contributed by atoms with Gasteiger partial charge in [-0.15, -0.1) is 0 Å². The summed E-state index contributed by atoms with van der Waals surface area (Å²) < 4.78 is 48.0. The monoisotopic (exact) mass is 1320 g/mol. The first kappa shape index (κ1) is 107. The van der Waals surface area contributed by atoms with E-state index in [1.807, 2.05) is 118 Å². The molecule has 0 bridgehead atoms. The van der Waals surface area contributed by atoms with E-state index < -0.39 is 0 Å². The summed E-state index contributed by atoms with van der Waals surface area (Å²) in [5, 5.41) is 0. The minimum Gasteiger partial charge on any atom is -0.466 e. The van der Waals surface area contributed by atoms with Gasteiger partial charge in [0.15, 0.2) is 0 Å². The average Bonchev–Trinajstić information content (AvgIpc) is 3.70. The zero-order valence-corrected chi connectivity index (χ0v) is 63.2. The van der Waals surface area contributed by atoms with Crippen molar-refractivity contribution in [2.45, 2.75) is 315 Å². The number of unbranched alkanes of at least 4 members (excludes halogenated alkanes) is 5. The van der Waals surface area contributed by atoms with Crippen LogP contribution in [-0.2, 0) is 95.3 Å². The minimum atomic E-state index is -0.353. The fraction of sp³-hybridized carbons (Fsp3) is 0.859. The van der Waals surface area contributed by atoms with Crippen LogP contribution < -0.4 is 0 Å². The number of ether oxygens (including phenoxy) is 10. The quantitative estimate of drug-likeness (QED) is 0.0336. The van der Waals surface area contributed by atoms with Crippen LogP contribution in [0.25, 0.3) is 0 Å². The van der Waals surface area contributed by atoms with E-state index in [9.17, 15) is 47.9 Å². The molecule has 91 heavy (non-hydrogen) atoms. The van der Waals surface area contributed by atoms with Crippen molar-refractivity contribution in [1.82, 2.24) is 0 Å². The average molecular weight is 1320 g/mol. The molecule has 20 nitrogen and oxygen atoms in total. The summed E-state index contributed by atoms with van der Waals surface area (Å²) in [6.07, 6.45) is 18.6. The highest BCUT2D eigenvalue weighted by Gasteiger charge is 2.23. The molecule has 0 aromatic carbocycles. The molecule has 0 radical (unpaired) electrons. The van der Waals surface area contributed by atoms with Crippen LogP contribution in [0.5, 0.6) is 0 Å². The largest absolute Gasteiger partial charge is 0.466 e. The van der Waals surface area contributed by atoms with Gasteiger partial charge >= 0.3 is 59.7 Å². The van der Waals surface area contributed by atoms with Crippen LogP contribution in [0.2, 0.25) is 0 Å². The third kappa shape index (κ3) is 119. The number of esters is 10. The number of carbonyl (C=O) groups is 10. The summed E-state index contributed by atoms with van der Waals surface area (Å²) in [6, 6.07) is 0. The van der Waals surface area contributed by atoms with Crippen molar-refractivity contribution in [2.24, 2.45) is 22.7 Å². The Morgan fingerprint density at radius 2 is 0.473 bits per heavy atom. The Bertz CT molecular complexity index is 1650. The van der Waals surface area contributed by atoms with Gasteiger partial charge in [-0.3, -0.25) is 47.9 Å². The number of carbonyl (C=O) groups excluding carboxylic acids is 10. The van der Waals surface area contributed by atoms with Gasteiger partial charge in [-0.2, -0.15) is 0 Å². The molecule has 0 unspecified atom stereocenters. The highest BCUT2D eigenvalue weighted by molar-refractivity contribution is 5.76. The van der Waals surface area contributed by atoms with Crippen molar-refractivity contribution in [1.29, 1.82) is 0 Å². The van der Waals surface area contributed by atoms with Crippen molar-refractivity contribution in [3.05, 3.63) is 0 Å². The lowest BCUT2D eigenvalue weighted by atomic mass is 9.97. The molecule has 20 heteroatoms. The Balaban J connectivity index is -0.000000100. The molecular formula is C71H142O20. The lowest BCUT2D eigenvalue weighted by Gasteiger charge is -2.15. The summed E-state index contributed by atoms with van der Waals surface area (Å²) in [5.74, 6) is -1.09. The summed E-state index contributed by atoms with van der Waals surface area (Å²) in [5.41, 5.74) is -0.705. The molecule has 0 amide bonds. The molecule has 0 heterocycles. The Morgan fingerprint density at radius 3 is 0.725 bits per heavy atom. The van der Waals surface area contributed by atoms with Crippen LogP contribution in [0.1, 0.15) is 315 Å². The molecule has 0 saturated heterocycles. The molecule has 0 aromatic rings. The molecule has 0 atom stereocenters. The molecule has 0 fully saturated rings. The van der Waals surface area contributed by atoms with Crippen molar-refractivity contribution in [3.63, 3.8) is 0 Å². The van der Waals surface area contributed by atoms with Crippen molar-refractivity contribution in [2.75, 3.05) is 66.1 Å². The topological polar surface area (TPSA) is 263 Å². The first-order valence-electron chi connectivity index (χ1n) is 34.2. The molecule has 0 saturated carbocycles. The summed E-state index contributed by atoms with van der Waals surface area (Å²) in [4.78, 5) is 106. The number of hydrogen-bond acceptors (Lipinski definition) is 20. The highest BCUT2D eigenvalue weighted by atomic mass is 16.6. The number of rotatable bonds is 33. The maximum absolute atomic E-state index is 11.1. The predicted molar refractivity (Wildman–Crippen MR) is 366 cm³/mol. The maximum atomic E-state index is 11.1. The molecular weight excluding hydrogens is 1170 g/mol. The second-order valence-electron chi connectivity index (χ2n) is 23.0. The molecule has 546 valence electrons. The smallest absolute Gasteiger partial charge is 0.311 e. The van der Waals surface area contributed by atoms with E-state index in [0.29, 0.717) is 91.8 Å². The first-order valence-corrected chi connectivity index (χ1v) is 34.2. The minimum absolute atomic E-state index is 0.0107. The van der Waals surface area contributed by atoms with Gasteiger partial charge in [0.05, 0.1) is 88.7 Å². The molecule has 0 N–H and O–H groups in total. The van der Waals surface area contributed by atoms with Gasteiger partial charge in [-0.25, -0.2) is 0 Å². The predicted octanol–water partition coefficient (Wildman–Crippen LogP) is 17.2. The molecule has 0 aliphatic rings. The highest BCUT2D eigenvalue weighted by Crippen LogP contribution is 2.16. The van der Waals surface area contributed by atoms with Gasteiger partial charge in [0.2, 0.25) is 0 Å². The second kappa shape index (κ2) is 84.7. The second-order valence-corrected chi connectivity index (χ2v) is 23.0. The number of hydrogen-bond donors (Lipinski definition) is 0. The SMILES string of the molecule is CCCCOC(=O)C(C)(C)C.CCCCOC(=O)C(C)C.CCCCOC(=O)CC.CCCCOC(=O)CCC.CCCCOC(C)=O.CCCOC(=O)C(C)(C)C.CCCOC(=O)C(C)C.CCCOC(=O)CC.CCCOC(=O)CCC.CCCOC(C)=O. The van der Waals surface area contributed by atoms with E-state index in [1.165, 1.54) is 13.8 Å². The maximum Gasteiger partial charge on any atom is 0.311 e. The van der Waals surface area contributed by atoms with Crippen LogP contribution in [-0.4, -0.2) is 126 Å². The van der Waals surface area contributed by atoms with E-state index in [2.05, 4.69) is 44.1 Å². The zero-order chi connectivity index (χ0) is 72.9. The van der Waals surface area contributed by atoms with Crippen LogP contribution >= 0.6 is 0 Å². The van der Waals surface area contributed by atoms with Crippen molar-refractivity contribution >= 4 is 59.7 Å². The Labute approximate surface area is 556 Å². The molecule has 0 aromatic heterocycles. The lowest BCUT2D eigenvalue weighted by Crippen LogP contribution is -2.23. The van der Waals surface area contributed by atoms with E-state index in [0.717, 1.165) is 109 Å². The zero-order valence-electron chi connectivity index (χ0n) is 63.2. The molecule has 0 aliphatic carbocycles. The third-order valence-corrected chi connectivity index (χ3v) is 9.78. The Kier molecular flexibility index (Phi) is 99.9. The van der Waals surface area contributed by atoms with Crippen molar-refractivity contribution < 1.29 is 95.3 Å². The van der Waals surface area contributed by atoms with E-state index in [4.69, 9.17) is 37.9 Å². The molecule has 0 spiro atoms. The summed E-state index contributed by atoms with van der Waals surface area (Å²) in [6.45, 7) is 54.8. The molecule has 0 rings (SSSR count). The van der Waals surface area contributed by atoms with Crippen LogP contribution in [0.3, 0.4) is 0 Å². The van der Waals surface area contributed by atoms with Crippen LogP contribution in [0.4, 0.5) is 0 Å². The van der Waals surface area contributed by atoms with E-state index in [1.54, 1.807) is 13.8 Å². The van der Waals surface area contributed by atoms with Crippen LogP contribution in [0.15, 0.2) is 0 Å². The fourth-order valence-corrected chi connectivity index (χ4v) is 4.25. The third-order valence-electron chi connectivity index (χ3n) is 9.78. The first-order chi connectivity index (χ1) is 42.6. The van der Waals surface area contributed by atoms with Gasteiger partial charge in [-0.05, 0) is 119 Å². The van der Waals surface area contributed by atoms with Crippen LogP contribution in [0, 0.1) is 22.7 Å². The van der Waals surface area contributed by atoms with E-state index >= 15 is 0 Å². The Hall–Kier alpha value is -5.30. The van der Waals surface area contributed by atoms with Crippen molar-refractivity contribution in [3.8, 4) is 0 Å². The standard InChI is InChI=1S/C9H18O2.3C8H16O2.3C7H14O2.2C6H12O2.C5H10O2/c1-5-6-7-11-8(10)9(2,3)4;1-5-6-10-7(9)8(2,3)4;1-4-5-6-10-8(9)7(2)3;1-3-5-7-10-8(9)6-4-2;1-4-5-9-7(8)6(2)3;1-3-5-6-9-7(8)4-2;1-3-5-7(8)9-6-4-2;1-3-4-5-8-6(2)7;1-3-5-8-6(7)4-2;1-3-4-7-5(2)6/h5-7H2,1-4H3;5-6H2,1-4H3;7H,4-6H2,1-3H3;3-7H2,1-2H3;6H,4-5H2,1-3H3;2*3-6H2,1-2H3;2*3-5H2,1-2H3;3-4H2,1-2H3. The van der Waals surface area contributed by atoms with Gasteiger partial charge < -0.3 is 47.4 Å². The normalized spacial score (nSPS) is 9.67. The van der Waals surface area contributed by atoms with Gasteiger partial charge in [0.1, 0.15) is 0 Å². The fourth-order valence-electron chi connectivity index (χ4n) is 4.25. The van der Waals surface area contributed by atoms with Gasteiger partial charge in [0, 0.05) is 39.5 Å². The molecule has 0 aliphatic heterocycles. The summed E-state index contributed by atoms with van der Waals surface area (Å²) >= 11 is 0. The summed E-state index contributed by atoms with van der Waals surface area (Å²) in [7, 11) is 0. The van der Waals surface area contributed by atoms with Gasteiger partial charge in [0.25, 0.3) is 0 Å². The lowest BCUT2D eigenvalue weighted by molar-refractivity contribution is -0.153. The van der Waals surface area contributed by atoms with Gasteiger partial charge in [-0.1, -0.05) is 157 Å². The van der Waals surface area contributed by atoms with E-state index in [-0.39, 0.29) is 82.4 Å². The Morgan fingerprint density at radius 1 is 0.264 bits per heavy atom.